The number of nitrogens with zero attached hydrogens (tertiary/aromatic N) is 2. The van der Waals surface area contributed by atoms with Crippen LogP contribution >= 0.6 is 0 Å². The number of amides is 1. The van der Waals surface area contributed by atoms with E-state index in [1.54, 1.807) is 12.4 Å². The summed E-state index contributed by atoms with van der Waals surface area (Å²) < 4.78 is 1.42. The van der Waals surface area contributed by atoms with Gasteiger partial charge in [0.25, 0.3) is 0 Å². The molecule has 0 unspecified atom stereocenters. The van der Waals surface area contributed by atoms with Crippen LogP contribution in [0.1, 0.15) is 24.1 Å². The number of carbonyl (C=O) groups is 1. The Morgan fingerprint density at radius 1 is 1.35 bits per heavy atom. The van der Waals surface area contributed by atoms with Crippen LogP contribution in [0, 0.1) is 6.92 Å². The Morgan fingerprint density at radius 2 is 2.06 bits per heavy atom. The summed E-state index contributed by atoms with van der Waals surface area (Å²) in [5.74, 6) is 0. The van der Waals surface area contributed by atoms with E-state index < -0.39 is 0 Å². The predicted octanol–water partition coefficient (Wildman–Crippen LogP) is 2.51. The van der Waals surface area contributed by atoms with E-state index >= 15 is 0 Å². The minimum Gasteiger partial charge on any atom is -0.331 e. The highest BCUT2D eigenvalue weighted by molar-refractivity contribution is 5.76. The van der Waals surface area contributed by atoms with E-state index in [4.69, 9.17) is 0 Å². The van der Waals surface area contributed by atoms with Gasteiger partial charge >= 0.3 is 6.03 Å². The van der Waals surface area contributed by atoms with E-state index in [2.05, 4.69) is 10.3 Å². The molecule has 0 saturated carbocycles. The number of rotatable bonds is 2. The highest BCUT2D eigenvalue weighted by Gasteiger charge is 2.09. The minimum atomic E-state index is -0.171. The molecule has 1 amide bonds. The summed E-state index contributed by atoms with van der Waals surface area (Å²) in [7, 11) is 0. The van der Waals surface area contributed by atoms with Gasteiger partial charge in [0.1, 0.15) is 6.33 Å². The molecule has 1 N–H and O–H groups in total. The van der Waals surface area contributed by atoms with Crippen LogP contribution in [-0.2, 0) is 0 Å². The van der Waals surface area contributed by atoms with E-state index in [0.717, 1.165) is 5.56 Å². The van der Waals surface area contributed by atoms with Gasteiger partial charge in [-0.2, -0.15) is 0 Å². The molecular formula is C13H15N3O. The lowest BCUT2D eigenvalue weighted by Crippen LogP contribution is -2.30. The van der Waals surface area contributed by atoms with Gasteiger partial charge in [-0.15, -0.1) is 0 Å². The van der Waals surface area contributed by atoms with Gasteiger partial charge in [0.05, 0.1) is 6.04 Å². The Balaban J connectivity index is 2.04. The summed E-state index contributed by atoms with van der Waals surface area (Å²) in [4.78, 5) is 15.6. The smallest absolute Gasteiger partial charge is 0.327 e. The number of aryl methyl sites for hydroxylation is 1. The van der Waals surface area contributed by atoms with Crippen LogP contribution in [0.15, 0.2) is 43.0 Å². The molecule has 4 heteroatoms. The normalized spacial score (nSPS) is 12.1. The molecule has 0 radical (unpaired) electrons. The van der Waals surface area contributed by atoms with Crippen molar-refractivity contribution in [2.75, 3.05) is 0 Å². The number of benzene rings is 1. The standard InChI is InChI=1S/C13H15N3O/c1-10-3-5-12(6-4-10)11(2)15-13(17)16-8-7-14-9-16/h3-9,11H,1-2H3,(H,15,17)/t11-/m0/s1. The largest absolute Gasteiger partial charge is 0.331 e. The molecule has 0 aliphatic rings. The predicted molar refractivity (Wildman–Crippen MR) is 65.8 cm³/mol. The summed E-state index contributed by atoms with van der Waals surface area (Å²) >= 11 is 0. The maximum Gasteiger partial charge on any atom is 0.327 e. The van der Waals surface area contributed by atoms with Crippen molar-refractivity contribution in [3.8, 4) is 0 Å². The Hall–Kier alpha value is -2.10. The summed E-state index contributed by atoms with van der Waals surface area (Å²) in [6, 6.07) is 7.92. The Bertz CT molecular complexity index is 488. The van der Waals surface area contributed by atoms with E-state index in [0.29, 0.717) is 0 Å². The maximum atomic E-state index is 11.8. The molecule has 1 aromatic heterocycles. The second-order valence-corrected chi connectivity index (χ2v) is 4.05. The van der Waals surface area contributed by atoms with E-state index in [1.807, 2.05) is 38.1 Å². The molecule has 2 rings (SSSR count). The van der Waals surface area contributed by atoms with Gasteiger partial charge < -0.3 is 5.32 Å². The van der Waals surface area contributed by atoms with Crippen molar-refractivity contribution in [3.05, 3.63) is 54.1 Å². The van der Waals surface area contributed by atoms with Gasteiger partial charge in [-0.1, -0.05) is 29.8 Å². The van der Waals surface area contributed by atoms with Crippen LogP contribution in [0.25, 0.3) is 0 Å². The first kappa shape index (κ1) is 11.4. The van der Waals surface area contributed by atoms with Gasteiger partial charge in [-0.3, -0.25) is 4.57 Å². The molecule has 17 heavy (non-hydrogen) atoms. The van der Waals surface area contributed by atoms with Crippen molar-refractivity contribution < 1.29 is 4.79 Å². The Morgan fingerprint density at radius 3 is 2.65 bits per heavy atom. The zero-order valence-corrected chi connectivity index (χ0v) is 9.92. The lowest BCUT2D eigenvalue weighted by Gasteiger charge is -2.14. The quantitative estimate of drug-likeness (QED) is 0.860. The van der Waals surface area contributed by atoms with Gasteiger partial charge in [0.15, 0.2) is 0 Å². The topological polar surface area (TPSA) is 46.9 Å². The molecule has 0 aliphatic carbocycles. The molecule has 0 saturated heterocycles. The van der Waals surface area contributed by atoms with E-state index in [1.165, 1.54) is 16.5 Å². The third-order valence-corrected chi connectivity index (χ3v) is 2.66. The molecule has 1 heterocycles. The lowest BCUT2D eigenvalue weighted by atomic mass is 10.1. The van der Waals surface area contributed by atoms with Crippen LogP contribution in [0.3, 0.4) is 0 Å². The summed E-state index contributed by atoms with van der Waals surface area (Å²) in [6.45, 7) is 4.00. The van der Waals surface area contributed by atoms with Crippen LogP contribution in [0.5, 0.6) is 0 Å². The third-order valence-electron chi connectivity index (χ3n) is 2.66. The molecular weight excluding hydrogens is 214 g/mol. The van der Waals surface area contributed by atoms with Crippen LogP contribution < -0.4 is 5.32 Å². The fourth-order valence-electron chi connectivity index (χ4n) is 1.58. The summed E-state index contributed by atoms with van der Waals surface area (Å²) in [5, 5.41) is 2.90. The maximum absolute atomic E-state index is 11.8. The summed E-state index contributed by atoms with van der Waals surface area (Å²) in [6.07, 6.45) is 4.69. The lowest BCUT2D eigenvalue weighted by molar-refractivity contribution is 0.239. The highest BCUT2D eigenvalue weighted by Crippen LogP contribution is 2.13. The molecule has 4 nitrogen and oxygen atoms in total. The van der Waals surface area contributed by atoms with E-state index in [-0.39, 0.29) is 12.1 Å². The monoisotopic (exact) mass is 229 g/mol. The van der Waals surface area contributed by atoms with Crippen LogP contribution in [-0.4, -0.2) is 15.6 Å². The molecule has 1 atom stereocenters. The fraction of sp³-hybridized carbons (Fsp3) is 0.231. The zero-order valence-electron chi connectivity index (χ0n) is 9.92. The number of nitrogens with one attached hydrogen (secondary N) is 1. The van der Waals surface area contributed by atoms with Crippen molar-refractivity contribution in [1.29, 1.82) is 0 Å². The van der Waals surface area contributed by atoms with Gasteiger partial charge in [0.2, 0.25) is 0 Å². The van der Waals surface area contributed by atoms with Crippen molar-refractivity contribution in [1.82, 2.24) is 14.9 Å². The molecule has 0 fully saturated rings. The number of aromatic nitrogens is 2. The average Bonchev–Trinajstić information content (AvgIpc) is 2.83. The molecule has 2 aromatic rings. The first-order valence-corrected chi connectivity index (χ1v) is 5.52. The minimum absolute atomic E-state index is 0.0227. The Labute approximate surface area is 100 Å². The number of hydrogen-bond donors (Lipinski definition) is 1. The fourth-order valence-corrected chi connectivity index (χ4v) is 1.58. The SMILES string of the molecule is Cc1ccc([C@H](C)NC(=O)n2ccnc2)cc1. The van der Waals surface area contributed by atoms with Crippen LogP contribution in [0.2, 0.25) is 0 Å². The number of hydrogen-bond acceptors (Lipinski definition) is 2. The van der Waals surface area contributed by atoms with Crippen molar-refractivity contribution >= 4 is 6.03 Å². The van der Waals surface area contributed by atoms with Gasteiger partial charge in [-0.25, -0.2) is 9.78 Å². The molecule has 1 aromatic carbocycles. The first-order chi connectivity index (χ1) is 8.16. The first-order valence-electron chi connectivity index (χ1n) is 5.52. The second kappa shape index (κ2) is 4.82. The zero-order chi connectivity index (χ0) is 12.3. The molecule has 88 valence electrons. The average molecular weight is 229 g/mol. The third kappa shape index (κ3) is 2.72. The van der Waals surface area contributed by atoms with Crippen molar-refractivity contribution in [3.63, 3.8) is 0 Å². The molecule has 0 bridgehead atoms. The second-order valence-electron chi connectivity index (χ2n) is 4.05. The van der Waals surface area contributed by atoms with E-state index in [9.17, 15) is 4.79 Å². The van der Waals surface area contributed by atoms with Gasteiger partial charge in [0, 0.05) is 12.4 Å². The number of imidazole rings is 1. The summed E-state index contributed by atoms with van der Waals surface area (Å²) in [5.41, 5.74) is 2.30. The van der Waals surface area contributed by atoms with Crippen molar-refractivity contribution in [2.24, 2.45) is 0 Å². The number of carbonyl (C=O) groups excluding carboxylic acids is 1. The van der Waals surface area contributed by atoms with Crippen molar-refractivity contribution in [2.45, 2.75) is 19.9 Å². The highest BCUT2D eigenvalue weighted by atomic mass is 16.2. The molecule has 0 aliphatic heterocycles. The Kier molecular flexibility index (Phi) is 3.23. The van der Waals surface area contributed by atoms with Crippen LogP contribution in [0.4, 0.5) is 4.79 Å². The molecule has 0 spiro atoms. The van der Waals surface area contributed by atoms with Gasteiger partial charge in [-0.05, 0) is 19.4 Å².